The van der Waals surface area contributed by atoms with E-state index >= 15 is 0 Å². The smallest absolute Gasteiger partial charge is 0.130 e. The number of hydrogen-bond donors (Lipinski definition) is 1. The average Bonchev–Trinajstić information content (AvgIpc) is 0.918. The number of nitrogens with zero attached hydrogens (tertiary/aromatic N) is 1. The van der Waals surface area contributed by atoms with E-state index in [-0.39, 0.29) is 11.0 Å². The Morgan fingerprint density at radius 3 is 1.75 bits per heavy atom. The highest BCUT2D eigenvalue weighted by molar-refractivity contribution is 7.85. The minimum absolute atomic E-state index is 0. The molecule has 0 spiro atoms. The Balaban J connectivity index is 0. The molecule has 0 unspecified atom stereocenters. The molecule has 0 aromatic carbocycles. The van der Waals surface area contributed by atoms with Crippen LogP contribution in [0.4, 0.5) is 0 Å². The topological polar surface area (TPSA) is 23.8 Å². The van der Waals surface area contributed by atoms with Gasteiger partial charge < -0.3 is 0 Å². The monoisotopic (exact) mass is 91.0 g/mol. The average molecular weight is 91.2 g/mol. The summed E-state index contributed by atoms with van der Waals surface area (Å²) in [5, 5.41) is 8.63. The molecule has 0 aromatic rings. The quantitative estimate of drug-likeness (QED) is 0.229. The van der Waals surface area contributed by atoms with E-state index in [9.17, 15) is 0 Å². The molecule has 4 heavy (non-hydrogen) atoms. The van der Waals surface area contributed by atoms with Gasteiger partial charge in [-0.1, -0.05) is 12.6 Å². The van der Waals surface area contributed by atoms with Crippen molar-refractivity contribution in [3.05, 3.63) is 0 Å². The highest BCUT2D eigenvalue weighted by Gasteiger charge is 1.18. The van der Waals surface area contributed by atoms with Gasteiger partial charge in [0.15, 0.2) is 0 Å². The maximum Gasteiger partial charge on any atom is 0.130 e. The van der Waals surface area contributed by atoms with Crippen LogP contribution in [0.2, 0.25) is 0 Å². The Bertz CT molecular complexity index is 29.5. The Hall–Kier alpha value is 0.0569. The van der Waals surface area contributed by atoms with Gasteiger partial charge in [-0.25, -0.2) is 0 Å². The third kappa shape index (κ3) is 710. The van der Waals surface area contributed by atoms with Gasteiger partial charge in [-0.15, -0.1) is 0 Å². The van der Waals surface area contributed by atoms with Crippen LogP contribution in [0.15, 0.2) is 0 Å². The molecule has 0 aromatic heterocycles. The van der Waals surface area contributed by atoms with E-state index in [0.717, 1.165) is 0 Å². The fourth-order valence-electron chi connectivity index (χ4n) is 0. The fraction of sp³-hybridized carbons (Fsp3) is 0. The van der Waals surface area contributed by atoms with Gasteiger partial charge in [0.05, 0.1) is 0 Å². The summed E-state index contributed by atoms with van der Waals surface area (Å²) >= 11 is 3.09. The standard InChI is InChI=1S/CHNS.H4Si/c2-1-3;/h3H;1H4. The molecule has 0 fully saturated rings. The van der Waals surface area contributed by atoms with Crippen LogP contribution in [0.25, 0.3) is 0 Å². The van der Waals surface area contributed by atoms with E-state index in [0.29, 0.717) is 0 Å². The molecule has 0 atom stereocenters. The molecule has 0 amide bonds. The van der Waals surface area contributed by atoms with Crippen LogP contribution < -0.4 is 0 Å². The second kappa shape index (κ2) is 11.6. The lowest BCUT2D eigenvalue weighted by molar-refractivity contribution is 1.57. The Labute approximate surface area is 35.1 Å². The maximum absolute atomic E-state index is 7.18. The van der Waals surface area contributed by atoms with E-state index in [1.807, 2.05) is 0 Å². The predicted octanol–water partition coefficient (Wildman–Crippen LogP) is -1.05. The summed E-state index contributed by atoms with van der Waals surface area (Å²) < 4.78 is 0. The van der Waals surface area contributed by atoms with Crippen LogP contribution in [-0.2, 0) is 0 Å². The third-order valence-corrected chi connectivity index (χ3v) is 0. The van der Waals surface area contributed by atoms with Crippen molar-refractivity contribution in [3.63, 3.8) is 0 Å². The zero-order valence-corrected chi connectivity index (χ0v) is 2.29. The molecule has 24 valence electrons. The molecule has 0 aliphatic rings. The summed E-state index contributed by atoms with van der Waals surface area (Å²) in [5.41, 5.74) is 0. The molecule has 0 heterocycles. The van der Waals surface area contributed by atoms with Crippen molar-refractivity contribution in [1.82, 2.24) is 0 Å². The molecule has 0 aliphatic carbocycles. The van der Waals surface area contributed by atoms with Gasteiger partial charge in [0.1, 0.15) is 5.40 Å². The lowest BCUT2D eigenvalue weighted by Gasteiger charge is -1.14. The molecule has 0 saturated carbocycles. The van der Waals surface area contributed by atoms with Gasteiger partial charge in [-0.2, -0.15) is 5.26 Å². The molecular formula is CH5NSSi. The maximum atomic E-state index is 7.18. The molecule has 0 saturated heterocycles. The first-order valence-electron chi connectivity index (χ1n) is 0.447. The molecular weight excluding hydrogens is 86.2 g/mol. The van der Waals surface area contributed by atoms with Gasteiger partial charge in [0, 0.05) is 0 Å². The lowest BCUT2D eigenvalue weighted by Crippen LogP contribution is -0.961. The molecule has 0 radical (unpaired) electrons. The first-order valence-corrected chi connectivity index (χ1v) is 0.894. The summed E-state index contributed by atoms with van der Waals surface area (Å²) in [6, 6.07) is 0. The molecule has 3 heteroatoms. The molecule has 0 rings (SSSR count). The van der Waals surface area contributed by atoms with Crippen LogP contribution >= 0.6 is 12.6 Å². The van der Waals surface area contributed by atoms with Gasteiger partial charge >= 0.3 is 0 Å². The predicted molar refractivity (Wildman–Crippen MR) is 25.9 cm³/mol. The van der Waals surface area contributed by atoms with Crippen LogP contribution in [0.5, 0.6) is 0 Å². The number of thiol groups is 1. The highest BCUT2D eigenvalue weighted by atomic mass is 32.1. The summed E-state index contributed by atoms with van der Waals surface area (Å²) in [6.45, 7) is 0. The summed E-state index contributed by atoms with van der Waals surface area (Å²) in [4.78, 5) is 0. The molecule has 0 aliphatic heterocycles. The zero-order chi connectivity index (χ0) is 2.71. The first-order chi connectivity index (χ1) is 1.41. The van der Waals surface area contributed by atoms with E-state index in [4.69, 9.17) is 5.26 Å². The van der Waals surface area contributed by atoms with E-state index in [1.165, 1.54) is 5.40 Å². The van der Waals surface area contributed by atoms with Crippen LogP contribution in [-0.4, -0.2) is 11.0 Å². The SMILES string of the molecule is N#CS.[SiH4]. The van der Waals surface area contributed by atoms with Gasteiger partial charge in [-0.3, -0.25) is 0 Å². The molecule has 0 N–H and O–H groups in total. The molecule has 1 nitrogen and oxygen atoms in total. The summed E-state index contributed by atoms with van der Waals surface area (Å²) in [7, 11) is 0. The summed E-state index contributed by atoms with van der Waals surface area (Å²) in [5.74, 6) is 0. The van der Waals surface area contributed by atoms with Crippen LogP contribution in [0.3, 0.4) is 0 Å². The third-order valence-electron chi connectivity index (χ3n) is 0. The Morgan fingerprint density at radius 2 is 1.75 bits per heavy atom. The van der Waals surface area contributed by atoms with Gasteiger partial charge in [0.2, 0.25) is 0 Å². The Kier molecular flexibility index (Phi) is 25.9. The molecule has 0 bridgehead atoms. The van der Waals surface area contributed by atoms with Crippen LogP contribution in [0, 0.1) is 10.7 Å². The van der Waals surface area contributed by atoms with Crippen molar-refractivity contribution in [2.75, 3.05) is 0 Å². The summed E-state index contributed by atoms with van der Waals surface area (Å²) in [6.07, 6.45) is 0. The van der Waals surface area contributed by atoms with Gasteiger partial charge in [-0.05, 0) is 11.0 Å². The second-order valence-corrected chi connectivity index (χ2v) is 0.300. The number of nitriles is 1. The number of hydrogen-bond acceptors (Lipinski definition) is 2. The van der Waals surface area contributed by atoms with Crippen molar-refractivity contribution in [2.45, 2.75) is 0 Å². The van der Waals surface area contributed by atoms with Crippen LogP contribution in [0.1, 0.15) is 0 Å². The Morgan fingerprint density at radius 1 is 1.75 bits per heavy atom. The second-order valence-electron chi connectivity index (χ2n) is 0.100. The van der Waals surface area contributed by atoms with Crippen molar-refractivity contribution >= 4 is 23.6 Å². The van der Waals surface area contributed by atoms with E-state index in [2.05, 4.69) is 12.6 Å². The fourth-order valence-corrected chi connectivity index (χ4v) is 0. The normalized spacial score (nSPS) is 2.00. The number of thiocyanates is 1. The first kappa shape index (κ1) is 8.96. The largest absolute Gasteiger partial charge is 0.185 e. The van der Waals surface area contributed by atoms with Crippen molar-refractivity contribution in [2.24, 2.45) is 0 Å². The number of rotatable bonds is 0. The zero-order valence-electron chi connectivity index (χ0n) is 1.39. The minimum atomic E-state index is 0. The minimum Gasteiger partial charge on any atom is -0.185 e. The van der Waals surface area contributed by atoms with Crippen molar-refractivity contribution in [3.8, 4) is 5.40 Å². The lowest BCUT2D eigenvalue weighted by atomic mass is 11.8. The van der Waals surface area contributed by atoms with Gasteiger partial charge in [0.25, 0.3) is 0 Å². The van der Waals surface area contributed by atoms with Crippen molar-refractivity contribution in [1.29, 1.82) is 5.26 Å². The van der Waals surface area contributed by atoms with E-state index in [1.54, 1.807) is 0 Å². The highest BCUT2D eigenvalue weighted by Crippen LogP contribution is 1.46. The van der Waals surface area contributed by atoms with E-state index < -0.39 is 0 Å². The van der Waals surface area contributed by atoms with Crippen molar-refractivity contribution < 1.29 is 0 Å².